The van der Waals surface area contributed by atoms with Crippen molar-refractivity contribution in [3.05, 3.63) is 30.0 Å². The molecular weight excluding hydrogens is 350 g/mol. The smallest absolute Gasteiger partial charge is 0.229 e. The number of anilines is 2. The Morgan fingerprint density at radius 2 is 1.92 bits per heavy atom. The number of nitrogens with zero attached hydrogens (tertiary/aromatic N) is 3. The SMILES string of the molecule is CSc1nc(N)nc(NC(C)c2oc3ccccc3c2OC(C)(C)C)n1. The van der Waals surface area contributed by atoms with Crippen LogP contribution in [-0.2, 0) is 0 Å². The summed E-state index contributed by atoms with van der Waals surface area (Å²) in [6.45, 7) is 7.99. The summed E-state index contributed by atoms with van der Waals surface area (Å²) in [5.41, 5.74) is 6.18. The van der Waals surface area contributed by atoms with E-state index >= 15 is 0 Å². The highest BCUT2D eigenvalue weighted by atomic mass is 32.2. The van der Waals surface area contributed by atoms with E-state index < -0.39 is 0 Å². The molecule has 138 valence electrons. The standard InChI is InChI=1S/C18H23N5O2S/c1-10(20-16-21-15(19)22-17(23-16)26-5)13-14(25-18(2,3)4)11-8-6-7-9-12(11)24-13/h6-10H,1-5H3,(H3,19,20,21,22,23). The lowest BCUT2D eigenvalue weighted by Crippen LogP contribution is -2.24. The van der Waals surface area contributed by atoms with Gasteiger partial charge in [-0.15, -0.1) is 0 Å². The van der Waals surface area contributed by atoms with Gasteiger partial charge in [0.2, 0.25) is 11.9 Å². The van der Waals surface area contributed by atoms with Gasteiger partial charge in [-0.3, -0.25) is 0 Å². The van der Waals surface area contributed by atoms with Crippen molar-refractivity contribution in [2.45, 2.75) is 44.5 Å². The predicted molar refractivity (Wildman–Crippen MR) is 105 cm³/mol. The summed E-state index contributed by atoms with van der Waals surface area (Å²) in [6, 6.07) is 7.59. The fourth-order valence-electron chi connectivity index (χ4n) is 2.52. The monoisotopic (exact) mass is 373 g/mol. The molecule has 0 aliphatic rings. The van der Waals surface area contributed by atoms with Crippen LogP contribution in [0.3, 0.4) is 0 Å². The van der Waals surface area contributed by atoms with E-state index in [0.29, 0.717) is 16.9 Å². The lowest BCUT2D eigenvalue weighted by molar-refractivity contribution is 0.128. The van der Waals surface area contributed by atoms with E-state index in [2.05, 4.69) is 20.3 Å². The summed E-state index contributed by atoms with van der Waals surface area (Å²) < 4.78 is 12.3. The molecule has 1 unspecified atom stereocenters. The van der Waals surface area contributed by atoms with Crippen LogP contribution < -0.4 is 15.8 Å². The third-order valence-corrected chi connectivity index (χ3v) is 4.09. The number of furan rings is 1. The number of rotatable bonds is 5. The Bertz CT molecular complexity index is 920. The van der Waals surface area contributed by atoms with Crippen LogP contribution in [0.15, 0.2) is 33.8 Å². The van der Waals surface area contributed by atoms with E-state index in [1.54, 1.807) is 0 Å². The van der Waals surface area contributed by atoms with Gasteiger partial charge in [-0.25, -0.2) is 0 Å². The summed E-state index contributed by atoms with van der Waals surface area (Å²) in [4.78, 5) is 12.6. The molecule has 8 heteroatoms. The molecule has 26 heavy (non-hydrogen) atoms. The molecule has 3 N–H and O–H groups in total. The summed E-state index contributed by atoms with van der Waals surface area (Å²) >= 11 is 1.40. The molecule has 0 saturated heterocycles. The highest BCUT2D eigenvalue weighted by Crippen LogP contribution is 2.39. The quantitative estimate of drug-likeness (QED) is 0.640. The predicted octanol–water partition coefficient (Wildman–Crippen LogP) is 4.27. The first-order valence-electron chi connectivity index (χ1n) is 8.29. The first-order valence-corrected chi connectivity index (χ1v) is 9.52. The highest BCUT2D eigenvalue weighted by Gasteiger charge is 2.25. The summed E-state index contributed by atoms with van der Waals surface area (Å²) in [7, 11) is 0. The van der Waals surface area contributed by atoms with Crippen molar-refractivity contribution in [2.24, 2.45) is 0 Å². The van der Waals surface area contributed by atoms with Gasteiger partial charge >= 0.3 is 0 Å². The zero-order valence-electron chi connectivity index (χ0n) is 15.5. The Morgan fingerprint density at radius 3 is 2.62 bits per heavy atom. The van der Waals surface area contributed by atoms with E-state index in [4.69, 9.17) is 14.9 Å². The van der Waals surface area contributed by atoms with Crippen LogP contribution in [0.25, 0.3) is 11.0 Å². The highest BCUT2D eigenvalue weighted by molar-refractivity contribution is 7.98. The number of benzene rings is 1. The zero-order chi connectivity index (χ0) is 18.9. The molecule has 0 aliphatic carbocycles. The van der Waals surface area contributed by atoms with Crippen LogP contribution in [-0.4, -0.2) is 26.8 Å². The second kappa shape index (κ2) is 7.03. The van der Waals surface area contributed by atoms with Crippen LogP contribution in [0.5, 0.6) is 5.75 Å². The lowest BCUT2D eigenvalue weighted by atomic mass is 10.1. The number of thioether (sulfide) groups is 1. The minimum Gasteiger partial charge on any atom is -0.484 e. The molecule has 3 aromatic rings. The third-order valence-electron chi connectivity index (χ3n) is 3.54. The van der Waals surface area contributed by atoms with Crippen molar-refractivity contribution in [3.63, 3.8) is 0 Å². The van der Waals surface area contributed by atoms with Gasteiger partial charge < -0.3 is 20.2 Å². The number of aromatic nitrogens is 3. The minimum atomic E-state index is -0.356. The molecule has 0 bridgehead atoms. The van der Waals surface area contributed by atoms with E-state index in [1.165, 1.54) is 11.8 Å². The van der Waals surface area contributed by atoms with E-state index in [1.807, 2.05) is 58.2 Å². The Kier molecular flexibility index (Phi) is 4.95. The maximum absolute atomic E-state index is 6.20. The molecule has 0 radical (unpaired) electrons. The molecule has 1 atom stereocenters. The van der Waals surface area contributed by atoms with Gasteiger partial charge in [0, 0.05) is 0 Å². The number of nitrogens with two attached hydrogens (primary N) is 1. The fraction of sp³-hybridized carbons (Fsp3) is 0.389. The minimum absolute atomic E-state index is 0.176. The molecule has 0 saturated carbocycles. The van der Waals surface area contributed by atoms with Crippen LogP contribution in [0, 0.1) is 0 Å². The Labute approximate surface area is 156 Å². The van der Waals surface area contributed by atoms with Crippen LogP contribution >= 0.6 is 11.8 Å². The average molecular weight is 373 g/mol. The van der Waals surface area contributed by atoms with E-state index in [0.717, 1.165) is 16.7 Å². The molecule has 3 rings (SSSR count). The van der Waals surface area contributed by atoms with Crippen molar-refractivity contribution >= 4 is 34.6 Å². The van der Waals surface area contributed by atoms with Gasteiger partial charge in [0.05, 0.1) is 11.4 Å². The maximum Gasteiger partial charge on any atom is 0.229 e. The zero-order valence-corrected chi connectivity index (χ0v) is 16.3. The molecular formula is C18H23N5O2S. The van der Waals surface area contributed by atoms with Gasteiger partial charge in [0.15, 0.2) is 16.7 Å². The van der Waals surface area contributed by atoms with E-state index in [9.17, 15) is 0 Å². The number of ether oxygens (including phenoxy) is 1. The summed E-state index contributed by atoms with van der Waals surface area (Å²) in [5, 5.41) is 4.73. The number of para-hydroxylation sites is 1. The summed E-state index contributed by atoms with van der Waals surface area (Å²) in [6.07, 6.45) is 1.89. The first-order chi connectivity index (χ1) is 12.3. The Balaban J connectivity index is 1.98. The van der Waals surface area contributed by atoms with Crippen molar-refractivity contribution in [3.8, 4) is 5.75 Å². The molecule has 0 aliphatic heterocycles. The number of hydrogen-bond donors (Lipinski definition) is 2. The summed E-state index contributed by atoms with van der Waals surface area (Å²) in [5.74, 6) is 1.98. The molecule has 0 amide bonds. The van der Waals surface area contributed by atoms with E-state index in [-0.39, 0.29) is 17.6 Å². The van der Waals surface area contributed by atoms with Crippen molar-refractivity contribution in [1.29, 1.82) is 0 Å². The van der Waals surface area contributed by atoms with Crippen LogP contribution in [0.4, 0.5) is 11.9 Å². The lowest BCUT2D eigenvalue weighted by Gasteiger charge is -2.22. The molecule has 2 aromatic heterocycles. The second-order valence-electron chi connectivity index (χ2n) is 6.88. The molecule has 0 fully saturated rings. The van der Waals surface area contributed by atoms with Gasteiger partial charge in [-0.05, 0) is 46.1 Å². The largest absolute Gasteiger partial charge is 0.484 e. The third kappa shape index (κ3) is 4.01. The number of nitrogen functional groups attached to an aromatic ring is 1. The van der Waals surface area contributed by atoms with Gasteiger partial charge in [0.1, 0.15) is 11.2 Å². The Morgan fingerprint density at radius 1 is 1.19 bits per heavy atom. The topological polar surface area (TPSA) is 99.1 Å². The van der Waals surface area contributed by atoms with Crippen LogP contribution in [0.2, 0.25) is 0 Å². The first kappa shape index (κ1) is 18.3. The number of fused-ring (bicyclic) bond motifs is 1. The molecule has 7 nitrogen and oxygen atoms in total. The van der Waals surface area contributed by atoms with Crippen molar-refractivity contribution in [2.75, 3.05) is 17.3 Å². The average Bonchev–Trinajstić information content (AvgIpc) is 2.91. The second-order valence-corrected chi connectivity index (χ2v) is 7.65. The van der Waals surface area contributed by atoms with Gasteiger partial charge in [0.25, 0.3) is 0 Å². The van der Waals surface area contributed by atoms with Crippen molar-refractivity contribution in [1.82, 2.24) is 15.0 Å². The van der Waals surface area contributed by atoms with Gasteiger partial charge in [-0.1, -0.05) is 23.9 Å². The fourth-order valence-corrected chi connectivity index (χ4v) is 2.89. The number of nitrogens with one attached hydrogen (secondary N) is 1. The number of hydrogen-bond acceptors (Lipinski definition) is 8. The molecule has 0 spiro atoms. The molecule has 2 heterocycles. The molecule has 1 aromatic carbocycles. The van der Waals surface area contributed by atoms with Crippen LogP contribution in [0.1, 0.15) is 39.5 Å². The Hall–Kier alpha value is -2.48. The van der Waals surface area contributed by atoms with Gasteiger partial charge in [-0.2, -0.15) is 15.0 Å². The maximum atomic E-state index is 6.20. The van der Waals surface area contributed by atoms with Crippen molar-refractivity contribution < 1.29 is 9.15 Å². The normalized spacial score (nSPS) is 13.0.